The van der Waals surface area contributed by atoms with Crippen LogP contribution in [-0.2, 0) is 23.0 Å². The number of sulfonamides is 1. The SMILES string of the molecule is CC(C)Cc1cc(CNS(=O)(=O)c2ccc3nc[nH]c3c2)on1. The van der Waals surface area contributed by atoms with E-state index in [-0.39, 0.29) is 11.4 Å². The quantitative estimate of drug-likeness (QED) is 0.720. The molecule has 3 rings (SSSR count). The van der Waals surface area contributed by atoms with Crippen molar-refractivity contribution < 1.29 is 12.9 Å². The van der Waals surface area contributed by atoms with Crippen LogP contribution in [0.3, 0.4) is 0 Å². The van der Waals surface area contributed by atoms with E-state index < -0.39 is 10.0 Å². The van der Waals surface area contributed by atoms with Crippen LogP contribution < -0.4 is 4.72 Å². The molecule has 122 valence electrons. The highest BCUT2D eigenvalue weighted by atomic mass is 32.2. The number of aromatic nitrogens is 3. The lowest BCUT2D eigenvalue weighted by molar-refractivity contribution is 0.372. The standard InChI is InChI=1S/C15H18N4O3S/c1-10(2)5-11-6-12(22-19-11)8-18-23(20,21)13-3-4-14-15(7-13)17-9-16-14/h3-4,6-7,9-10,18H,5,8H2,1-2H3,(H,16,17). The van der Waals surface area contributed by atoms with Crippen LogP contribution >= 0.6 is 0 Å². The first kappa shape index (κ1) is 15.7. The van der Waals surface area contributed by atoms with Gasteiger partial charge >= 0.3 is 0 Å². The number of benzene rings is 1. The molecule has 7 nitrogen and oxygen atoms in total. The molecule has 0 atom stereocenters. The van der Waals surface area contributed by atoms with Gasteiger partial charge in [0.15, 0.2) is 5.76 Å². The third-order valence-corrected chi connectivity index (χ3v) is 4.76. The first-order valence-electron chi connectivity index (χ1n) is 7.31. The molecule has 23 heavy (non-hydrogen) atoms. The summed E-state index contributed by atoms with van der Waals surface area (Å²) in [5.41, 5.74) is 2.22. The van der Waals surface area contributed by atoms with Crippen molar-refractivity contribution in [2.24, 2.45) is 5.92 Å². The van der Waals surface area contributed by atoms with Crippen molar-refractivity contribution in [3.8, 4) is 0 Å². The lowest BCUT2D eigenvalue weighted by Gasteiger charge is -2.04. The zero-order chi connectivity index (χ0) is 16.4. The van der Waals surface area contributed by atoms with Gasteiger partial charge in [-0.15, -0.1) is 0 Å². The van der Waals surface area contributed by atoms with Crippen LogP contribution in [0.25, 0.3) is 11.0 Å². The first-order valence-corrected chi connectivity index (χ1v) is 8.79. The van der Waals surface area contributed by atoms with E-state index in [0.29, 0.717) is 17.2 Å². The molecule has 0 fully saturated rings. The highest BCUT2D eigenvalue weighted by Crippen LogP contribution is 2.16. The summed E-state index contributed by atoms with van der Waals surface area (Å²) in [4.78, 5) is 7.14. The Morgan fingerprint density at radius 1 is 1.30 bits per heavy atom. The summed E-state index contributed by atoms with van der Waals surface area (Å²) < 4.78 is 32.4. The molecule has 2 heterocycles. The topological polar surface area (TPSA) is 101 Å². The third kappa shape index (κ3) is 3.59. The van der Waals surface area contributed by atoms with Gasteiger partial charge in [0, 0.05) is 6.07 Å². The molecular formula is C15H18N4O3S. The number of aromatic amines is 1. The summed E-state index contributed by atoms with van der Waals surface area (Å²) >= 11 is 0. The van der Waals surface area contributed by atoms with Gasteiger partial charge < -0.3 is 9.51 Å². The fourth-order valence-corrected chi connectivity index (χ4v) is 3.30. The first-order chi connectivity index (χ1) is 10.9. The van der Waals surface area contributed by atoms with Crippen molar-refractivity contribution in [2.75, 3.05) is 0 Å². The molecular weight excluding hydrogens is 316 g/mol. The predicted octanol–water partition coefficient (Wildman–Crippen LogP) is 2.23. The summed E-state index contributed by atoms with van der Waals surface area (Å²) in [7, 11) is -3.63. The van der Waals surface area contributed by atoms with E-state index in [9.17, 15) is 8.42 Å². The molecule has 2 aromatic heterocycles. The number of imidazole rings is 1. The molecule has 0 amide bonds. The van der Waals surface area contributed by atoms with E-state index in [2.05, 4.69) is 33.7 Å². The fourth-order valence-electron chi connectivity index (χ4n) is 2.28. The second-order valence-corrected chi connectivity index (χ2v) is 7.56. The maximum atomic E-state index is 12.3. The number of hydrogen-bond acceptors (Lipinski definition) is 5. The van der Waals surface area contributed by atoms with Gasteiger partial charge in [-0.05, 0) is 30.5 Å². The van der Waals surface area contributed by atoms with Crippen LogP contribution in [-0.4, -0.2) is 23.5 Å². The molecule has 0 aliphatic heterocycles. The molecule has 0 spiro atoms. The van der Waals surface area contributed by atoms with Gasteiger partial charge in [0.1, 0.15) is 0 Å². The van der Waals surface area contributed by atoms with Gasteiger partial charge in [0.2, 0.25) is 10.0 Å². The summed E-state index contributed by atoms with van der Waals surface area (Å²) in [6, 6.07) is 6.52. The summed E-state index contributed by atoms with van der Waals surface area (Å²) in [6.45, 7) is 4.24. The minimum Gasteiger partial charge on any atom is -0.360 e. The Balaban J connectivity index is 1.72. The number of H-pyrrole nitrogens is 1. The molecule has 2 N–H and O–H groups in total. The second kappa shape index (κ2) is 6.13. The van der Waals surface area contributed by atoms with Crippen molar-refractivity contribution >= 4 is 21.1 Å². The van der Waals surface area contributed by atoms with E-state index in [1.54, 1.807) is 18.2 Å². The Labute approximate surface area is 134 Å². The Hall–Kier alpha value is -2.19. The normalized spacial score (nSPS) is 12.3. The zero-order valence-corrected chi connectivity index (χ0v) is 13.7. The van der Waals surface area contributed by atoms with Crippen LogP contribution in [0, 0.1) is 5.92 Å². The average Bonchev–Trinajstić information content (AvgIpc) is 3.12. The van der Waals surface area contributed by atoms with Gasteiger partial charge in [-0.2, -0.15) is 0 Å². The minimum atomic E-state index is -3.63. The number of rotatable bonds is 6. The van der Waals surface area contributed by atoms with Crippen LogP contribution in [0.5, 0.6) is 0 Å². The van der Waals surface area contributed by atoms with E-state index >= 15 is 0 Å². The molecule has 0 unspecified atom stereocenters. The molecule has 0 aliphatic carbocycles. The Morgan fingerprint density at radius 2 is 2.13 bits per heavy atom. The third-order valence-electron chi connectivity index (χ3n) is 3.36. The predicted molar refractivity (Wildman–Crippen MR) is 85.2 cm³/mol. The summed E-state index contributed by atoms with van der Waals surface area (Å²) in [6.07, 6.45) is 2.33. The van der Waals surface area contributed by atoms with Gasteiger partial charge in [-0.25, -0.2) is 18.1 Å². The van der Waals surface area contributed by atoms with E-state index in [1.807, 2.05) is 0 Å². The van der Waals surface area contributed by atoms with E-state index in [0.717, 1.165) is 17.6 Å². The lowest BCUT2D eigenvalue weighted by Crippen LogP contribution is -2.23. The minimum absolute atomic E-state index is 0.0639. The van der Waals surface area contributed by atoms with Crippen LogP contribution in [0.4, 0.5) is 0 Å². The smallest absolute Gasteiger partial charge is 0.241 e. The van der Waals surface area contributed by atoms with Gasteiger partial charge in [-0.3, -0.25) is 0 Å². The Morgan fingerprint density at radius 3 is 2.91 bits per heavy atom. The molecule has 3 aromatic rings. The van der Waals surface area contributed by atoms with Crippen LogP contribution in [0.2, 0.25) is 0 Å². The van der Waals surface area contributed by atoms with Crippen molar-refractivity contribution in [3.63, 3.8) is 0 Å². The summed E-state index contributed by atoms with van der Waals surface area (Å²) in [5, 5.41) is 3.94. The largest absolute Gasteiger partial charge is 0.360 e. The zero-order valence-electron chi connectivity index (χ0n) is 12.9. The van der Waals surface area contributed by atoms with Crippen molar-refractivity contribution in [3.05, 3.63) is 42.0 Å². The second-order valence-electron chi connectivity index (χ2n) is 5.79. The van der Waals surface area contributed by atoms with Crippen LogP contribution in [0.15, 0.2) is 40.0 Å². The maximum absolute atomic E-state index is 12.3. The van der Waals surface area contributed by atoms with E-state index in [1.165, 1.54) is 12.4 Å². The average molecular weight is 334 g/mol. The van der Waals surface area contributed by atoms with Gasteiger partial charge in [0.25, 0.3) is 0 Å². The molecule has 1 aromatic carbocycles. The molecule has 0 saturated heterocycles. The lowest BCUT2D eigenvalue weighted by atomic mass is 10.1. The fraction of sp³-hybridized carbons (Fsp3) is 0.333. The maximum Gasteiger partial charge on any atom is 0.241 e. The van der Waals surface area contributed by atoms with Crippen molar-refractivity contribution in [1.29, 1.82) is 0 Å². The van der Waals surface area contributed by atoms with Crippen molar-refractivity contribution in [2.45, 2.75) is 31.7 Å². The monoisotopic (exact) mass is 334 g/mol. The highest BCUT2D eigenvalue weighted by molar-refractivity contribution is 7.89. The highest BCUT2D eigenvalue weighted by Gasteiger charge is 2.16. The molecule has 8 heteroatoms. The molecule has 0 saturated carbocycles. The Bertz CT molecular complexity index is 912. The van der Waals surface area contributed by atoms with Crippen LogP contribution in [0.1, 0.15) is 25.3 Å². The summed E-state index contributed by atoms with van der Waals surface area (Å²) in [5.74, 6) is 0.956. The number of nitrogens with one attached hydrogen (secondary N) is 2. The number of fused-ring (bicyclic) bond motifs is 1. The van der Waals surface area contributed by atoms with Gasteiger partial charge in [0.05, 0.1) is 34.5 Å². The van der Waals surface area contributed by atoms with Crippen molar-refractivity contribution in [1.82, 2.24) is 19.8 Å². The Kier molecular flexibility index (Phi) is 4.18. The molecule has 0 aliphatic rings. The number of nitrogens with zero attached hydrogens (tertiary/aromatic N) is 2. The number of hydrogen-bond donors (Lipinski definition) is 2. The van der Waals surface area contributed by atoms with E-state index in [4.69, 9.17) is 4.52 Å². The molecule has 0 radical (unpaired) electrons. The van der Waals surface area contributed by atoms with Gasteiger partial charge in [-0.1, -0.05) is 19.0 Å². The molecule has 0 bridgehead atoms.